The third-order valence-electron chi connectivity index (χ3n) is 3.27. The standard InChI is InChI=1S/C14H20N2O5/c1-2-4-10(7-8-17)9-15-13-11(14(18)19)5-3-6-12(13)16(20)21/h3,5-6,10,15,17H,2,4,7-9H2,1H3,(H,18,19). The molecule has 1 rings (SSSR count). The Morgan fingerprint density at radius 1 is 1.43 bits per heavy atom. The molecule has 0 amide bonds. The third kappa shape index (κ3) is 4.71. The van der Waals surface area contributed by atoms with Crippen molar-refractivity contribution in [2.45, 2.75) is 26.2 Å². The normalized spacial score (nSPS) is 11.9. The van der Waals surface area contributed by atoms with Crippen LogP contribution in [0.4, 0.5) is 11.4 Å². The average Bonchev–Trinajstić information content (AvgIpc) is 2.44. The highest BCUT2D eigenvalue weighted by molar-refractivity contribution is 5.96. The Kier molecular flexibility index (Phi) is 6.61. The minimum atomic E-state index is -1.21. The van der Waals surface area contributed by atoms with Gasteiger partial charge in [-0.3, -0.25) is 10.1 Å². The van der Waals surface area contributed by atoms with Crippen LogP contribution in [-0.4, -0.2) is 34.3 Å². The summed E-state index contributed by atoms with van der Waals surface area (Å²) in [6.45, 7) is 2.44. The molecule has 0 saturated heterocycles. The number of aliphatic hydroxyl groups is 1. The second-order valence-electron chi connectivity index (χ2n) is 4.81. The first-order valence-corrected chi connectivity index (χ1v) is 6.86. The van der Waals surface area contributed by atoms with Gasteiger partial charge in [0.1, 0.15) is 5.69 Å². The van der Waals surface area contributed by atoms with Gasteiger partial charge in [-0.2, -0.15) is 0 Å². The number of hydrogen-bond donors (Lipinski definition) is 3. The molecule has 0 aliphatic carbocycles. The van der Waals surface area contributed by atoms with E-state index in [1.807, 2.05) is 6.92 Å². The molecule has 1 aromatic carbocycles. The van der Waals surface area contributed by atoms with Crippen LogP contribution < -0.4 is 5.32 Å². The highest BCUT2D eigenvalue weighted by Crippen LogP contribution is 2.29. The van der Waals surface area contributed by atoms with Crippen molar-refractivity contribution in [1.82, 2.24) is 0 Å². The molecule has 0 aliphatic rings. The largest absolute Gasteiger partial charge is 0.478 e. The Morgan fingerprint density at radius 2 is 2.14 bits per heavy atom. The summed E-state index contributed by atoms with van der Waals surface area (Å²) in [6.07, 6.45) is 2.36. The van der Waals surface area contributed by atoms with E-state index in [-0.39, 0.29) is 29.5 Å². The molecule has 21 heavy (non-hydrogen) atoms. The summed E-state index contributed by atoms with van der Waals surface area (Å²) in [6, 6.07) is 3.96. The number of nitrogens with one attached hydrogen (secondary N) is 1. The molecule has 0 saturated carbocycles. The molecule has 0 radical (unpaired) electrons. The Labute approximate surface area is 122 Å². The van der Waals surface area contributed by atoms with E-state index in [1.54, 1.807) is 0 Å². The van der Waals surface area contributed by atoms with Gasteiger partial charge in [0.2, 0.25) is 0 Å². The first-order valence-electron chi connectivity index (χ1n) is 6.86. The molecule has 0 heterocycles. The van der Waals surface area contributed by atoms with Gasteiger partial charge in [-0.05, 0) is 24.8 Å². The second-order valence-corrected chi connectivity index (χ2v) is 4.81. The number of aromatic carboxylic acids is 1. The summed E-state index contributed by atoms with van der Waals surface area (Å²) < 4.78 is 0. The number of carboxylic acid groups (broad SMARTS) is 1. The lowest BCUT2D eigenvalue weighted by atomic mass is 10.00. The maximum Gasteiger partial charge on any atom is 0.338 e. The Hall–Kier alpha value is -2.15. The maximum atomic E-state index is 11.2. The fourth-order valence-corrected chi connectivity index (χ4v) is 2.24. The van der Waals surface area contributed by atoms with Gasteiger partial charge < -0.3 is 15.5 Å². The number of carboxylic acids is 1. The average molecular weight is 296 g/mol. The summed E-state index contributed by atoms with van der Waals surface area (Å²) in [4.78, 5) is 21.6. The quantitative estimate of drug-likeness (QED) is 0.476. The van der Waals surface area contributed by atoms with Crippen molar-refractivity contribution in [2.24, 2.45) is 5.92 Å². The van der Waals surface area contributed by atoms with Gasteiger partial charge in [-0.15, -0.1) is 0 Å². The van der Waals surface area contributed by atoms with Gasteiger partial charge in [0.15, 0.2) is 0 Å². The van der Waals surface area contributed by atoms with Crippen molar-refractivity contribution < 1.29 is 19.9 Å². The van der Waals surface area contributed by atoms with Crippen molar-refractivity contribution in [2.75, 3.05) is 18.5 Å². The van der Waals surface area contributed by atoms with Gasteiger partial charge in [-0.1, -0.05) is 19.4 Å². The maximum absolute atomic E-state index is 11.2. The van der Waals surface area contributed by atoms with Crippen molar-refractivity contribution >= 4 is 17.3 Å². The van der Waals surface area contributed by atoms with Gasteiger partial charge in [0, 0.05) is 19.2 Å². The summed E-state index contributed by atoms with van der Waals surface area (Å²) in [5, 5.41) is 32.1. The number of hydrogen-bond acceptors (Lipinski definition) is 5. The predicted octanol–water partition coefficient (Wildman–Crippen LogP) is 2.50. The number of nitro benzene ring substituents is 1. The van der Waals surface area contributed by atoms with Crippen LogP contribution in [0.1, 0.15) is 36.5 Å². The van der Waals surface area contributed by atoms with Crippen molar-refractivity contribution in [3.63, 3.8) is 0 Å². The van der Waals surface area contributed by atoms with Gasteiger partial charge in [-0.25, -0.2) is 4.79 Å². The van der Waals surface area contributed by atoms with Crippen LogP contribution in [0.25, 0.3) is 0 Å². The highest BCUT2D eigenvalue weighted by atomic mass is 16.6. The molecule has 0 spiro atoms. The van der Waals surface area contributed by atoms with Crippen LogP contribution in [-0.2, 0) is 0 Å². The lowest BCUT2D eigenvalue weighted by molar-refractivity contribution is -0.384. The number of rotatable bonds is 9. The number of carbonyl (C=O) groups is 1. The Bertz CT molecular complexity index is 466. The highest BCUT2D eigenvalue weighted by Gasteiger charge is 2.21. The molecule has 0 aromatic heterocycles. The van der Waals surface area contributed by atoms with E-state index in [0.717, 1.165) is 12.8 Å². The van der Waals surface area contributed by atoms with E-state index in [9.17, 15) is 14.9 Å². The molecular formula is C14H20N2O5. The molecule has 7 heteroatoms. The van der Waals surface area contributed by atoms with Crippen LogP contribution in [0.2, 0.25) is 0 Å². The van der Waals surface area contributed by atoms with E-state index in [4.69, 9.17) is 10.2 Å². The van der Waals surface area contributed by atoms with Crippen LogP contribution in [0.3, 0.4) is 0 Å². The summed E-state index contributed by atoms with van der Waals surface area (Å²) in [5.74, 6) is -1.07. The third-order valence-corrected chi connectivity index (χ3v) is 3.27. The van der Waals surface area contributed by atoms with E-state index >= 15 is 0 Å². The Morgan fingerprint density at radius 3 is 2.67 bits per heavy atom. The van der Waals surface area contributed by atoms with Gasteiger partial charge >= 0.3 is 5.97 Å². The molecule has 1 atom stereocenters. The zero-order valence-electron chi connectivity index (χ0n) is 11.9. The molecule has 0 aliphatic heterocycles. The monoisotopic (exact) mass is 296 g/mol. The number of nitro groups is 1. The number of para-hydroxylation sites is 1. The number of aliphatic hydroxyl groups excluding tert-OH is 1. The number of nitrogens with zero attached hydrogens (tertiary/aromatic N) is 1. The van der Waals surface area contributed by atoms with E-state index in [2.05, 4.69) is 5.32 Å². The number of anilines is 1. The zero-order chi connectivity index (χ0) is 15.8. The second kappa shape index (κ2) is 8.21. The first-order chi connectivity index (χ1) is 10.0. The van der Waals surface area contributed by atoms with Gasteiger partial charge in [0.05, 0.1) is 10.5 Å². The minimum Gasteiger partial charge on any atom is -0.478 e. The fraction of sp³-hybridized carbons (Fsp3) is 0.500. The smallest absolute Gasteiger partial charge is 0.338 e. The van der Waals surface area contributed by atoms with Crippen LogP contribution in [0.15, 0.2) is 18.2 Å². The Balaban J connectivity index is 2.99. The van der Waals surface area contributed by atoms with Crippen LogP contribution in [0, 0.1) is 16.0 Å². The summed E-state index contributed by atoms with van der Waals surface area (Å²) in [7, 11) is 0. The first kappa shape index (κ1) is 16.9. The number of benzene rings is 1. The van der Waals surface area contributed by atoms with E-state index in [1.165, 1.54) is 18.2 Å². The topological polar surface area (TPSA) is 113 Å². The molecule has 0 fully saturated rings. The lowest BCUT2D eigenvalue weighted by Gasteiger charge is -2.17. The van der Waals surface area contributed by atoms with E-state index in [0.29, 0.717) is 13.0 Å². The molecular weight excluding hydrogens is 276 g/mol. The fourth-order valence-electron chi connectivity index (χ4n) is 2.24. The molecule has 3 N–H and O–H groups in total. The zero-order valence-corrected chi connectivity index (χ0v) is 11.9. The molecule has 1 aromatic rings. The molecule has 1 unspecified atom stereocenters. The van der Waals surface area contributed by atoms with Crippen molar-refractivity contribution in [3.8, 4) is 0 Å². The predicted molar refractivity (Wildman–Crippen MR) is 78.6 cm³/mol. The van der Waals surface area contributed by atoms with Crippen LogP contribution in [0.5, 0.6) is 0 Å². The SMILES string of the molecule is CCCC(CCO)CNc1c(C(=O)O)cccc1[N+](=O)[O-]. The summed E-state index contributed by atoms with van der Waals surface area (Å²) in [5.41, 5.74) is -0.355. The van der Waals surface area contributed by atoms with Crippen molar-refractivity contribution in [1.29, 1.82) is 0 Å². The molecule has 0 bridgehead atoms. The van der Waals surface area contributed by atoms with Gasteiger partial charge in [0.25, 0.3) is 5.69 Å². The van der Waals surface area contributed by atoms with E-state index < -0.39 is 10.9 Å². The summed E-state index contributed by atoms with van der Waals surface area (Å²) >= 11 is 0. The molecule has 7 nitrogen and oxygen atoms in total. The molecule has 116 valence electrons. The van der Waals surface area contributed by atoms with Crippen LogP contribution >= 0.6 is 0 Å². The minimum absolute atomic E-state index is 0.0223. The van der Waals surface area contributed by atoms with Crippen molar-refractivity contribution in [3.05, 3.63) is 33.9 Å². The lowest BCUT2D eigenvalue weighted by Crippen LogP contribution is -2.18.